The van der Waals surface area contributed by atoms with Gasteiger partial charge in [-0.05, 0) is 19.9 Å². The third kappa shape index (κ3) is 5.92. The first-order valence-electron chi connectivity index (χ1n) is 2.52. The van der Waals surface area contributed by atoms with Gasteiger partial charge in [-0.25, -0.2) is 0 Å². The molecule has 0 aliphatic heterocycles. The maximum Gasteiger partial charge on any atom is 0.00745 e. The topological polar surface area (TPSA) is 38.0 Å². The van der Waals surface area contributed by atoms with Crippen LogP contribution in [0.3, 0.4) is 0 Å². The van der Waals surface area contributed by atoms with Gasteiger partial charge in [-0.1, -0.05) is 0 Å². The summed E-state index contributed by atoms with van der Waals surface area (Å²) in [6, 6.07) is 0. The van der Waals surface area contributed by atoms with Gasteiger partial charge in [0.25, 0.3) is 0 Å². The van der Waals surface area contributed by atoms with Crippen molar-refractivity contribution in [3.8, 4) is 0 Å². The number of rotatable bonds is 4. The van der Waals surface area contributed by atoms with E-state index < -0.39 is 0 Å². The Hall–Kier alpha value is -0.0800. The minimum absolute atomic E-state index is 0.694. The van der Waals surface area contributed by atoms with Gasteiger partial charge in [0, 0.05) is 13.1 Å². The molecule has 0 aromatic rings. The summed E-state index contributed by atoms with van der Waals surface area (Å²) in [7, 11) is 0. The van der Waals surface area contributed by atoms with E-state index in [1.807, 2.05) is 0 Å². The highest BCUT2D eigenvalue weighted by Crippen LogP contribution is 1.64. The lowest BCUT2D eigenvalue weighted by atomic mass is 10.5. The highest BCUT2D eigenvalue weighted by Gasteiger charge is 1.76. The Bertz CT molecular complexity index is 25.3. The Labute approximate surface area is 45.1 Å². The monoisotopic (exact) mass is 100 g/mol. The third-order valence-corrected chi connectivity index (χ3v) is 0.642. The Kier molecular flexibility index (Phi) is 5.85. The maximum atomic E-state index is 5.17. The van der Waals surface area contributed by atoms with Crippen LogP contribution < -0.4 is 11.1 Å². The molecule has 0 aromatic carbocycles. The summed E-state index contributed by atoms with van der Waals surface area (Å²) in [4.78, 5) is 0. The zero-order valence-corrected chi connectivity index (χ0v) is 4.48. The molecule has 2 nitrogen and oxygen atoms in total. The Morgan fingerprint density at radius 3 is 2.57 bits per heavy atom. The summed E-state index contributed by atoms with van der Waals surface area (Å²) in [5, 5.41) is 3.03. The standard InChI is InChI=1S/C5H12N2/c1-2-4-7-5-3-6/h1,7H,2-6H2. The van der Waals surface area contributed by atoms with Gasteiger partial charge in [-0.3, -0.25) is 0 Å². The second-order valence-electron chi connectivity index (χ2n) is 1.33. The van der Waals surface area contributed by atoms with Crippen molar-refractivity contribution in [2.45, 2.75) is 6.42 Å². The molecule has 42 valence electrons. The summed E-state index contributed by atoms with van der Waals surface area (Å²) in [6.07, 6.45) is 0.694. The third-order valence-electron chi connectivity index (χ3n) is 0.642. The van der Waals surface area contributed by atoms with Crippen molar-refractivity contribution in [2.75, 3.05) is 19.6 Å². The van der Waals surface area contributed by atoms with Crippen LogP contribution in [0, 0.1) is 6.92 Å². The van der Waals surface area contributed by atoms with E-state index in [4.69, 9.17) is 12.7 Å². The molecular formula is C5H12N2. The summed E-state index contributed by atoms with van der Waals surface area (Å²) < 4.78 is 0. The van der Waals surface area contributed by atoms with Gasteiger partial charge in [0.1, 0.15) is 0 Å². The largest absolute Gasteiger partial charge is 0.329 e. The molecule has 0 fully saturated rings. The van der Waals surface area contributed by atoms with Crippen LogP contribution in [-0.4, -0.2) is 19.6 Å². The van der Waals surface area contributed by atoms with Gasteiger partial charge >= 0.3 is 0 Å². The molecule has 0 amide bonds. The zero-order valence-electron chi connectivity index (χ0n) is 4.48. The fraction of sp³-hybridized carbons (Fsp3) is 0.800. The number of nitrogens with two attached hydrogens (primary N) is 1. The van der Waals surface area contributed by atoms with Gasteiger partial charge in [0.2, 0.25) is 0 Å². The van der Waals surface area contributed by atoms with Gasteiger partial charge < -0.3 is 11.1 Å². The second-order valence-corrected chi connectivity index (χ2v) is 1.33. The average molecular weight is 100 g/mol. The van der Waals surface area contributed by atoms with Crippen molar-refractivity contribution in [1.82, 2.24) is 5.32 Å². The lowest BCUT2D eigenvalue weighted by Gasteiger charge is -1.95. The van der Waals surface area contributed by atoms with Crippen LogP contribution in [-0.2, 0) is 0 Å². The molecule has 0 aliphatic carbocycles. The van der Waals surface area contributed by atoms with E-state index in [2.05, 4.69) is 5.32 Å². The fourth-order valence-corrected chi connectivity index (χ4v) is 0.329. The van der Waals surface area contributed by atoms with Crippen LogP contribution in [0.1, 0.15) is 6.42 Å². The fourth-order valence-electron chi connectivity index (χ4n) is 0.329. The molecule has 0 bridgehead atoms. The Morgan fingerprint density at radius 2 is 2.14 bits per heavy atom. The van der Waals surface area contributed by atoms with E-state index in [0.717, 1.165) is 13.1 Å². The molecule has 0 heterocycles. The quantitative estimate of drug-likeness (QED) is 0.473. The van der Waals surface area contributed by atoms with E-state index in [9.17, 15) is 0 Å². The van der Waals surface area contributed by atoms with Crippen LogP contribution in [0.15, 0.2) is 0 Å². The predicted molar refractivity (Wildman–Crippen MR) is 30.8 cm³/mol. The first-order chi connectivity index (χ1) is 3.41. The van der Waals surface area contributed by atoms with Crippen molar-refractivity contribution in [1.29, 1.82) is 0 Å². The molecular weight excluding hydrogens is 88.1 g/mol. The highest BCUT2D eigenvalue weighted by atomic mass is 14.9. The molecule has 3 N–H and O–H groups in total. The second kappa shape index (κ2) is 5.92. The molecule has 0 aromatic heterocycles. The lowest BCUT2D eigenvalue weighted by Crippen LogP contribution is -2.22. The molecule has 0 aliphatic rings. The van der Waals surface area contributed by atoms with Crippen LogP contribution >= 0.6 is 0 Å². The van der Waals surface area contributed by atoms with Gasteiger partial charge in [-0.2, -0.15) is 0 Å². The van der Waals surface area contributed by atoms with Gasteiger partial charge in [0.15, 0.2) is 0 Å². The minimum Gasteiger partial charge on any atom is -0.329 e. The number of hydrogen-bond donors (Lipinski definition) is 2. The van der Waals surface area contributed by atoms with E-state index in [-0.39, 0.29) is 0 Å². The van der Waals surface area contributed by atoms with Crippen LogP contribution in [0.4, 0.5) is 0 Å². The molecule has 0 rings (SSSR count). The van der Waals surface area contributed by atoms with Gasteiger partial charge in [0.05, 0.1) is 0 Å². The van der Waals surface area contributed by atoms with E-state index >= 15 is 0 Å². The summed E-state index contributed by atoms with van der Waals surface area (Å²) >= 11 is 0. The van der Waals surface area contributed by atoms with Crippen LogP contribution in [0.25, 0.3) is 0 Å². The normalized spacial score (nSPS) is 9.43. The Balaban J connectivity index is 2.45. The van der Waals surface area contributed by atoms with E-state index in [1.54, 1.807) is 0 Å². The van der Waals surface area contributed by atoms with Gasteiger partial charge in [-0.15, -0.1) is 0 Å². The molecule has 0 atom stereocenters. The summed E-state index contributed by atoms with van der Waals surface area (Å²) in [5.74, 6) is 0. The zero-order chi connectivity index (χ0) is 5.54. The summed E-state index contributed by atoms with van der Waals surface area (Å²) in [6.45, 7) is 7.60. The summed E-state index contributed by atoms with van der Waals surface area (Å²) in [5.41, 5.74) is 5.17. The molecule has 2 radical (unpaired) electrons. The smallest absolute Gasteiger partial charge is 0.00745 e. The van der Waals surface area contributed by atoms with Crippen molar-refractivity contribution in [3.05, 3.63) is 6.92 Å². The first-order valence-corrected chi connectivity index (χ1v) is 2.52. The predicted octanol–water partition coefficient (Wildman–Crippen LogP) is -0.364. The number of nitrogens with one attached hydrogen (secondary N) is 1. The van der Waals surface area contributed by atoms with E-state index in [0.29, 0.717) is 13.0 Å². The molecule has 7 heavy (non-hydrogen) atoms. The maximum absolute atomic E-state index is 5.17. The average Bonchev–Trinajstić information content (AvgIpc) is 1.69. The minimum atomic E-state index is 0.694. The molecule has 0 spiro atoms. The SMILES string of the molecule is [CH]CCNCCN. The van der Waals surface area contributed by atoms with Crippen molar-refractivity contribution < 1.29 is 0 Å². The Morgan fingerprint density at radius 1 is 1.43 bits per heavy atom. The van der Waals surface area contributed by atoms with Crippen molar-refractivity contribution in [3.63, 3.8) is 0 Å². The van der Waals surface area contributed by atoms with Crippen molar-refractivity contribution in [2.24, 2.45) is 5.73 Å². The molecule has 0 unspecified atom stereocenters. The molecule has 0 saturated heterocycles. The first kappa shape index (κ1) is 6.92. The molecule has 2 heteroatoms. The number of hydrogen-bond acceptors (Lipinski definition) is 2. The van der Waals surface area contributed by atoms with Crippen LogP contribution in [0.5, 0.6) is 0 Å². The molecule has 0 saturated carbocycles. The van der Waals surface area contributed by atoms with Crippen molar-refractivity contribution >= 4 is 0 Å². The van der Waals surface area contributed by atoms with Crippen LogP contribution in [0.2, 0.25) is 0 Å². The highest BCUT2D eigenvalue weighted by molar-refractivity contribution is 4.47. The van der Waals surface area contributed by atoms with E-state index in [1.165, 1.54) is 0 Å². The lowest BCUT2D eigenvalue weighted by molar-refractivity contribution is 0.696.